The van der Waals surface area contributed by atoms with E-state index in [9.17, 15) is 12.8 Å². The molecule has 2 rings (SSSR count). The summed E-state index contributed by atoms with van der Waals surface area (Å²) in [6, 6.07) is 9.07. The Morgan fingerprint density at radius 3 is 2.32 bits per heavy atom. The molecule has 0 heterocycles. The summed E-state index contributed by atoms with van der Waals surface area (Å²) < 4.78 is 41.8. The van der Waals surface area contributed by atoms with Crippen LogP contribution < -0.4 is 10.0 Å². The minimum Gasteiger partial charge on any atom is -0.330 e. The second-order valence-electron chi connectivity index (χ2n) is 5.63. The van der Waals surface area contributed by atoms with E-state index >= 15 is 0 Å². The smallest absolute Gasteiger partial charge is 0.264 e. The number of rotatable bonds is 7. The number of halogens is 3. The van der Waals surface area contributed by atoms with Crippen LogP contribution in [0.25, 0.3) is 0 Å². The highest BCUT2D eigenvalue weighted by molar-refractivity contribution is 7.92. The first-order valence-corrected chi connectivity index (χ1v) is 9.92. The summed E-state index contributed by atoms with van der Waals surface area (Å²) in [5, 5.41) is 0.661. The van der Waals surface area contributed by atoms with Gasteiger partial charge in [-0.25, -0.2) is 12.8 Å². The largest absolute Gasteiger partial charge is 0.330 e. The molecule has 8 heteroatoms. The Morgan fingerprint density at radius 2 is 1.72 bits per heavy atom. The van der Waals surface area contributed by atoms with Crippen molar-refractivity contribution in [3.8, 4) is 0 Å². The molecule has 0 saturated heterocycles. The van der Waals surface area contributed by atoms with E-state index in [-0.39, 0.29) is 15.6 Å². The van der Waals surface area contributed by atoms with Gasteiger partial charge >= 0.3 is 0 Å². The first kappa shape index (κ1) is 20.0. The second kappa shape index (κ2) is 8.36. The molecule has 0 aliphatic heterocycles. The molecule has 4 nitrogen and oxygen atoms in total. The zero-order chi connectivity index (χ0) is 18.6. The molecule has 0 aromatic heterocycles. The van der Waals surface area contributed by atoms with Crippen LogP contribution in [0.2, 0.25) is 10.0 Å². The van der Waals surface area contributed by atoms with E-state index in [4.69, 9.17) is 28.9 Å². The number of sulfonamides is 1. The number of nitrogens with zero attached hydrogens (tertiary/aromatic N) is 1. The second-order valence-corrected chi connectivity index (χ2v) is 8.32. The van der Waals surface area contributed by atoms with E-state index in [0.717, 1.165) is 10.4 Å². The zero-order valence-corrected chi connectivity index (χ0v) is 16.0. The molecular formula is C17H19Cl2FN2O2S. The lowest BCUT2D eigenvalue weighted by molar-refractivity contribution is 0.556. The van der Waals surface area contributed by atoms with Crippen molar-refractivity contribution in [3.05, 3.63) is 58.3 Å². The summed E-state index contributed by atoms with van der Waals surface area (Å²) in [5.41, 5.74) is 5.44. The number of anilines is 1. The molecule has 0 aliphatic rings. The Kier molecular flexibility index (Phi) is 6.68. The Hall–Kier alpha value is -1.34. The molecule has 0 radical (unpaired) electrons. The Bertz CT molecular complexity index is 829. The van der Waals surface area contributed by atoms with Crippen molar-refractivity contribution in [2.45, 2.75) is 30.7 Å². The van der Waals surface area contributed by atoms with Gasteiger partial charge in [-0.05, 0) is 68.8 Å². The summed E-state index contributed by atoms with van der Waals surface area (Å²) in [5.74, 6) is -0.665. The molecule has 0 saturated carbocycles. The summed E-state index contributed by atoms with van der Waals surface area (Å²) in [6.07, 6.45) is 1.09. The van der Waals surface area contributed by atoms with Crippen molar-refractivity contribution in [2.24, 2.45) is 5.73 Å². The van der Waals surface area contributed by atoms with Crippen molar-refractivity contribution in [1.29, 1.82) is 0 Å². The molecule has 136 valence electrons. The predicted molar refractivity (Wildman–Crippen MR) is 100 cm³/mol. The molecule has 0 fully saturated rings. The van der Waals surface area contributed by atoms with E-state index in [0.29, 0.717) is 24.4 Å². The van der Waals surface area contributed by atoms with E-state index in [1.54, 1.807) is 6.92 Å². The van der Waals surface area contributed by atoms with Gasteiger partial charge in [-0.15, -0.1) is 0 Å². The SMILES string of the molecule is CC(CCCN)N(c1cc(Cl)ccc1F)S(=O)(=O)c1ccc(Cl)cc1. The monoisotopic (exact) mass is 404 g/mol. The van der Waals surface area contributed by atoms with Gasteiger partial charge in [-0.1, -0.05) is 23.2 Å². The van der Waals surface area contributed by atoms with Crippen LogP contribution in [-0.2, 0) is 10.0 Å². The Balaban J connectivity index is 2.57. The highest BCUT2D eigenvalue weighted by Gasteiger charge is 2.31. The third kappa shape index (κ3) is 4.64. The first-order valence-electron chi connectivity index (χ1n) is 7.72. The van der Waals surface area contributed by atoms with Crippen LogP contribution in [-0.4, -0.2) is 21.0 Å². The number of nitrogens with two attached hydrogens (primary N) is 1. The molecular weight excluding hydrogens is 386 g/mol. The molecule has 0 aliphatic carbocycles. The van der Waals surface area contributed by atoms with Gasteiger partial charge in [-0.2, -0.15) is 0 Å². The lowest BCUT2D eigenvalue weighted by Crippen LogP contribution is -2.39. The normalized spacial score (nSPS) is 12.8. The molecule has 0 spiro atoms. The van der Waals surface area contributed by atoms with E-state index in [1.165, 1.54) is 36.4 Å². The number of hydrogen-bond donors (Lipinski definition) is 1. The summed E-state index contributed by atoms with van der Waals surface area (Å²) in [4.78, 5) is 0.0240. The van der Waals surface area contributed by atoms with Gasteiger partial charge in [0.25, 0.3) is 10.0 Å². The van der Waals surface area contributed by atoms with E-state index in [1.807, 2.05) is 0 Å². The Labute approximate surface area is 157 Å². The summed E-state index contributed by atoms with van der Waals surface area (Å²) in [7, 11) is -4.00. The van der Waals surface area contributed by atoms with Gasteiger partial charge in [0.05, 0.1) is 10.6 Å². The van der Waals surface area contributed by atoms with Crippen LogP contribution in [0, 0.1) is 5.82 Å². The van der Waals surface area contributed by atoms with E-state index < -0.39 is 21.9 Å². The molecule has 25 heavy (non-hydrogen) atoms. The van der Waals surface area contributed by atoms with Crippen LogP contribution >= 0.6 is 23.2 Å². The highest BCUT2D eigenvalue weighted by atomic mass is 35.5. The Morgan fingerprint density at radius 1 is 1.12 bits per heavy atom. The summed E-state index contributed by atoms with van der Waals surface area (Å²) >= 11 is 11.8. The average molecular weight is 405 g/mol. The average Bonchev–Trinajstić information content (AvgIpc) is 2.56. The molecule has 1 atom stereocenters. The van der Waals surface area contributed by atoms with Gasteiger partial charge in [0.1, 0.15) is 5.82 Å². The molecule has 2 aromatic rings. The molecule has 2 N–H and O–H groups in total. The maximum absolute atomic E-state index is 14.4. The van der Waals surface area contributed by atoms with Gasteiger partial charge in [0.15, 0.2) is 0 Å². The lowest BCUT2D eigenvalue weighted by Gasteiger charge is -2.31. The van der Waals surface area contributed by atoms with Crippen molar-refractivity contribution in [1.82, 2.24) is 0 Å². The van der Waals surface area contributed by atoms with Crippen LogP contribution in [0.4, 0.5) is 10.1 Å². The van der Waals surface area contributed by atoms with Gasteiger partial charge in [0.2, 0.25) is 0 Å². The highest BCUT2D eigenvalue weighted by Crippen LogP contribution is 2.32. The first-order chi connectivity index (χ1) is 11.8. The van der Waals surface area contributed by atoms with Crippen molar-refractivity contribution < 1.29 is 12.8 Å². The quantitative estimate of drug-likeness (QED) is 0.740. The molecule has 0 amide bonds. The third-order valence-corrected chi connectivity index (χ3v) is 6.17. The maximum Gasteiger partial charge on any atom is 0.264 e. The van der Waals surface area contributed by atoms with Crippen LogP contribution in [0.3, 0.4) is 0 Å². The maximum atomic E-state index is 14.4. The topological polar surface area (TPSA) is 63.4 Å². The predicted octanol–water partition coefficient (Wildman–Crippen LogP) is 4.46. The molecule has 2 aromatic carbocycles. The van der Waals surface area contributed by atoms with Crippen LogP contribution in [0.15, 0.2) is 47.4 Å². The van der Waals surface area contributed by atoms with Gasteiger partial charge < -0.3 is 5.73 Å². The van der Waals surface area contributed by atoms with Gasteiger partial charge in [0, 0.05) is 16.1 Å². The van der Waals surface area contributed by atoms with Crippen LogP contribution in [0.1, 0.15) is 19.8 Å². The van der Waals surface area contributed by atoms with Gasteiger partial charge in [-0.3, -0.25) is 4.31 Å². The zero-order valence-electron chi connectivity index (χ0n) is 13.6. The fourth-order valence-electron chi connectivity index (χ4n) is 2.51. The summed E-state index contributed by atoms with van der Waals surface area (Å²) in [6.45, 7) is 2.13. The number of hydrogen-bond acceptors (Lipinski definition) is 3. The fourth-order valence-corrected chi connectivity index (χ4v) is 4.49. The van der Waals surface area contributed by atoms with Crippen LogP contribution in [0.5, 0.6) is 0 Å². The van der Waals surface area contributed by atoms with Crippen molar-refractivity contribution in [2.75, 3.05) is 10.8 Å². The van der Waals surface area contributed by atoms with E-state index in [2.05, 4.69) is 0 Å². The standard InChI is InChI=1S/C17H19Cl2FN2O2S/c1-12(3-2-10-21)22(17-11-14(19)6-9-16(17)20)25(23,24)15-7-4-13(18)5-8-15/h4-9,11-12H,2-3,10,21H2,1H3. The molecule has 0 bridgehead atoms. The lowest BCUT2D eigenvalue weighted by atomic mass is 10.1. The van der Waals surface area contributed by atoms with Crippen molar-refractivity contribution in [3.63, 3.8) is 0 Å². The minimum atomic E-state index is -4.00. The van der Waals surface area contributed by atoms with Crippen molar-refractivity contribution >= 4 is 38.9 Å². The third-order valence-electron chi connectivity index (χ3n) is 3.74. The fraction of sp³-hybridized carbons (Fsp3) is 0.294. The minimum absolute atomic E-state index is 0.0240. The number of benzene rings is 2. The molecule has 1 unspecified atom stereocenters.